The number of hydrogen-bond acceptors (Lipinski definition) is 4. The second-order valence-corrected chi connectivity index (χ2v) is 4.39. The van der Waals surface area contributed by atoms with Crippen LogP contribution in [0.3, 0.4) is 0 Å². The van der Waals surface area contributed by atoms with Crippen molar-refractivity contribution in [3.05, 3.63) is 28.7 Å². The first-order chi connectivity index (χ1) is 8.61. The maximum atomic E-state index is 11.9. The molecule has 0 aromatic carbocycles. The average molecular weight is 288 g/mol. The van der Waals surface area contributed by atoms with Gasteiger partial charge in [-0.25, -0.2) is 0 Å². The molecular formula is C12H18ClN3O3. The van der Waals surface area contributed by atoms with Crippen LogP contribution in [0.25, 0.3) is 0 Å². The Labute approximate surface area is 117 Å². The molecule has 0 spiro atoms. The highest BCUT2D eigenvalue weighted by atomic mass is 35.5. The van der Waals surface area contributed by atoms with Crippen LogP contribution in [0.4, 0.5) is 5.69 Å². The Morgan fingerprint density at radius 2 is 2.32 bits per heavy atom. The van der Waals surface area contributed by atoms with E-state index >= 15 is 0 Å². The third kappa shape index (κ3) is 3.56. The number of amides is 1. The van der Waals surface area contributed by atoms with Crippen LogP contribution in [0.15, 0.2) is 23.1 Å². The number of nitrogens with zero attached hydrogens (tertiary/aromatic N) is 1. The average Bonchev–Trinajstić information content (AvgIpc) is 2.83. The fourth-order valence-corrected chi connectivity index (χ4v) is 1.98. The van der Waals surface area contributed by atoms with Gasteiger partial charge in [0.2, 0.25) is 0 Å². The lowest BCUT2D eigenvalue weighted by molar-refractivity contribution is -0.126. The summed E-state index contributed by atoms with van der Waals surface area (Å²) in [4.78, 5) is 23.6. The summed E-state index contributed by atoms with van der Waals surface area (Å²) < 4.78 is 6.88. The molecule has 2 atom stereocenters. The second kappa shape index (κ2) is 6.70. The van der Waals surface area contributed by atoms with Crippen LogP contribution in [0, 0.1) is 0 Å². The van der Waals surface area contributed by atoms with Crippen molar-refractivity contribution in [3.8, 4) is 0 Å². The summed E-state index contributed by atoms with van der Waals surface area (Å²) in [5, 5.41) is 2.60. The summed E-state index contributed by atoms with van der Waals surface area (Å²) in [5.74, 6) is -0.283. The lowest BCUT2D eigenvalue weighted by Gasteiger charge is -2.12. The van der Waals surface area contributed by atoms with E-state index in [-0.39, 0.29) is 35.7 Å². The SMILES string of the molecule is Cl.Cn1cccc(NC(=O)[C@@H]2CC[C@H](CN)O2)c1=O. The largest absolute Gasteiger partial charge is 0.364 e. The third-order valence-corrected chi connectivity index (χ3v) is 3.04. The van der Waals surface area contributed by atoms with Crippen molar-refractivity contribution in [3.63, 3.8) is 0 Å². The zero-order valence-electron chi connectivity index (χ0n) is 10.7. The van der Waals surface area contributed by atoms with Gasteiger partial charge >= 0.3 is 0 Å². The minimum atomic E-state index is -0.511. The molecule has 1 aromatic rings. The van der Waals surface area contributed by atoms with Crippen LogP contribution in [-0.4, -0.2) is 29.2 Å². The number of hydrogen-bond donors (Lipinski definition) is 2. The highest BCUT2D eigenvalue weighted by Gasteiger charge is 2.30. The molecule has 7 heteroatoms. The molecule has 2 heterocycles. The lowest BCUT2D eigenvalue weighted by atomic mass is 10.2. The molecule has 0 radical (unpaired) electrons. The predicted molar refractivity (Wildman–Crippen MR) is 74.5 cm³/mol. The summed E-state index contributed by atoms with van der Waals surface area (Å²) in [5.41, 5.74) is 5.51. The summed E-state index contributed by atoms with van der Waals surface area (Å²) >= 11 is 0. The fourth-order valence-electron chi connectivity index (χ4n) is 1.98. The number of nitrogens with one attached hydrogen (secondary N) is 1. The van der Waals surface area contributed by atoms with Crippen LogP contribution in [0.1, 0.15) is 12.8 Å². The molecule has 1 saturated heterocycles. The molecule has 0 unspecified atom stereocenters. The van der Waals surface area contributed by atoms with E-state index in [0.717, 1.165) is 6.42 Å². The quantitative estimate of drug-likeness (QED) is 0.834. The Hall–Kier alpha value is -1.37. The minimum Gasteiger partial charge on any atom is -0.364 e. The number of aryl methyl sites for hydroxylation is 1. The van der Waals surface area contributed by atoms with Gasteiger partial charge in [-0.1, -0.05) is 0 Å². The van der Waals surface area contributed by atoms with Crippen LogP contribution in [0.5, 0.6) is 0 Å². The standard InChI is InChI=1S/C12H17N3O3.ClH/c1-15-6-2-3-9(12(15)17)14-11(16)10-5-4-8(7-13)18-10;/h2-3,6,8,10H,4-5,7,13H2,1H3,(H,14,16);1H/t8-,10+;/m1./s1. The van der Waals surface area contributed by atoms with Crippen molar-refractivity contribution in [2.75, 3.05) is 11.9 Å². The molecule has 1 aliphatic heterocycles. The van der Waals surface area contributed by atoms with E-state index in [4.69, 9.17) is 10.5 Å². The summed E-state index contributed by atoms with van der Waals surface area (Å²) in [7, 11) is 1.63. The van der Waals surface area contributed by atoms with Crippen LogP contribution < -0.4 is 16.6 Å². The topological polar surface area (TPSA) is 86.3 Å². The van der Waals surface area contributed by atoms with Gasteiger partial charge in [-0.2, -0.15) is 0 Å². The minimum absolute atomic E-state index is 0. The number of ether oxygens (including phenoxy) is 1. The maximum absolute atomic E-state index is 11.9. The van der Waals surface area contributed by atoms with Gasteiger partial charge in [0, 0.05) is 19.8 Å². The van der Waals surface area contributed by atoms with Crippen LogP contribution in [-0.2, 0) is 16.6 Å². The fraction of sp³-hybridized carbons (Fsp3) is 0.500. The molecule has 1 aliphatic rings. The summed E-state index contributed by atoms with van der Waals surface area (Å²) in [6.07, 6.45) is 2.49. The number of pyridine rings is 1. The number of carbonyl (C=O) groups is 1. The smallest absolute Gasteiger partial charge is 0.274 e. The molecule has 106 valence electrons. The number of rotatable bonds is 3. The highest BCUT2D eigenvalue weighted by Crippen LogP contribution is 2.19. The van der Waals surface area contributed by atoms with Gasteiger partial charge in [0.1, 0.15) is 11.8 Å². The number of halogens is 1. The molecule has 3 N–H and O–H groups in total. The Balaban J connectivity index is 0.00000180. The molecular weight excluding hydrogens is 270 g/mol. The monoisotopic (exact) mass is 287 g/mol. The molecule has 6 nitrogen and oxygen atoms in total. The third-order valence-electron chi connectivity index (χ3n) is 3.04. The number of anilines is 1. The lowest BCUT2D eigenvalue weighted by Crippen LogP contribution is -2.32. The highest BCUT2D eigenvalue weighted by molar-refractivity contribution is 5.94. The van der Waals surface area contributed by atoms with Crippen LogP contribution >= 0.6 is 12.4 Å². The molecule has 0 saturated carbocycles. The van der Waals surface area contributed by atoms with E-state index in [1.54, 1.807) is 25.4 Å². The van der Waals surface area contributed by atoms with Crippen molar-refractivity contribution in [2.45, 2.75) is 25.0 Å². The molecule has 19 heavy (non-hydrogen) atoms. The molecule has 1 fully saturated rings. The molecule has 0 aliphatic carbocycles. The first-order valence-electron chi connectivity index (χ1n) is 5.94. The molecule has 0 bridgehead atoms. The Bertz CT molecular complexity index is 503. The van der Waals surface area contributed by atoms with E-state index in [2.05, 4.69) is 5.32 Å². The van der Waals surface area contributed by atoms with E-state index in [9.17, 15) is 9.59 Å². The Morgan fingerprint density at radius 1 is 1.58 bits per heavy atom. The first-order valence-corrected chi connectivity index (χ1v) is 5.94. The van der Waals surface area contributed by atoms with Crippen molar-refractivity contribution in [2.24, 2.45) is 12.8 Å². The van der Waals surface area contributed by atoms with Crippen molar-refractivity contribution < 1.29 is 9.53 Å². The van der Waals surface area contributed by atoms with Gasteiger partial charge in [-0.3, -0.25) is 9.59 Å². The van der Waals surface area contributed by atoms with Gasteiger partial charge in [0.25, 0.3) is 11.5 Å². The zero-order valence-corrected chi connectivity index (χ0v) is 11.5. The maximum Gasteiger partial charge on any atom is 0.274 e. The normalized spacial score (nSPS) is 21.8. The van der Waals surface area contributed by atoms with Gasteiger partial charge in [0.15, 0.2) is 0 Å². The molecule has 1 aromatic heterocycles. The molecule has 2 rings (SSSR count). The van der Waals surface area contributed by atoms with E-state index in [1.807, 2.05) is 0 Å². The number of nitrogens with two attached hydrogens (primary N) is 1. The Morgan fingerprint density at radius 3 is 2.95 bits per heavy atom. The predicted octanol–water partition coefficient (Wildman–Crippen LogP) is 0.252. The second-order valence-electron chi connectivity index (χ2n) is 4.39. The summed E-state index contributed by atoms with van der Waals surface area (Å²) in [6.45, 7) is 0.414. The van der Waals surface area contributed by atoms with E-state index < -0.39 is 6.10 Å². The van der Waals surface area contributed by atoms with E-state index in [1.165, 1.54) is 4.57 Å². The Kier molecular flexibility index (Phi) is 5.53. The first kappa shape index (κ1) is 15.7. The number of carbonyl (C=O) groups excluding carboxylic acids is 1. The zero-order chi connectivity index (χ0) is 13.1. The number of aromatic nitrogens is 1. The van der Waals surface area contributed by atoms with Gasteiger partial charge in [-0.05, 0) is 25.0 Å². The van der Waals surface area contributed by atoms with Gasteiger partial charge in [-0.15, -0.1) is 12.4 Å². The van der Waals surface area contributed by atoms with Crippen molar-refractivity contribution in [1.29, 1.82) is 0 Å². The van der Waals surface area contributed by atoms with Crippen LogP contribution in [0.2, 0.25) is 0 Å². The summed E-state index contributed by atoms with van der Waals surface area (Å²) in [6, 6.07) is 3.28. The van der Waals surface area contributed by atoms with Gasteiger partial charge in [0.05, 0.1) is 6.10 Å². The van der Waals surface area contributed by atoms with Crippen molar-refractivity contribution in [1.82, 2.24) is 4.57 Å². The van der Waals surface area contributed by atoms with Crippen molar-refractivity contribution >= 4 is 24.0 Å². The van der Waals surface area contributed by atoms with Gasteiger partial charge < -0.3 is 20.4 Å². The van der Waals surface area contributed by atoms with E-state index in [0.29, 0.717) is 13.0 Å². The molecule has 1 amide bonds.